The number of carbonyl (C=O) groups is 2. The zero-order chi connectivity index (χ0) is 33.4. The lowest BCUT2D eigenvalue weighted by atomic mass is 9.80. The van der Waals surface area contributed by atoms with Crippen molar-refractivity contribution in [2.45, 2.75) is 77.7 Å². The van der Waals surface area contributed by atoms with E-state index in [0.717, 1.165) is 16.7 Å². The van der Waals surface area contributed by atoms with Crippen molar-refractivity contribution in [3.63, 3.8) is 0 Å². The normalized spacial score (nSPS) is 12.0. The van der Waals surface area contributed by atoms with Gasteiger partial charge in [0.2, 0.25) is 0 Å². The smallest absolute Gasteiger partial charge is 0.407 e. The molecule has 4 rings (SSSR count). The van der Waals surface area contributed by atoms with Crippen LogP contribution in [-0.4, -0.2) is 46.2 Å². The van der Waals surface area contributed by atoms with Gasteiger partial charge in [0.25, 0.3) is 0 Å². The number of nitrogens with one attached hydrogen (secondary N) is 1. The lowest BCUT2D eigenvalue weighted by molar-refractivity contribution is 0.00101. The van der Waals surface area contributed by atoms with Crippen molar-refractivity contribution in [2.75, 3.05) is 18.9 Å². The van der Waals surface area contributed by atoms with E-state index >= 15 is 0 Å². The van der Waals surface area contributed by atoms with E-state index in [4.69, 9.17) is 19.9 Å². The number of anilines is 1. The van der Waals surface area contributed by atoms with Crippen LogP contribution in [0, 0.1) is 0 Å². The number of carbonyl (C=O) groups excluding carboxylic acids is 2. The Morgan fingerprint density at radius 3 is 1.70 bits per heavy atom. The molecule has 1 aromatic heterocycles. The Morgan fingerprint density at radius 1 is 0.761 bits per heavy atom. The van der Waals surface area contributed by atoms with E-state index < -0.39 is 28.9 Å². The Kier molecular flexibility index (Phi) is 10.9. The third-order valence-corrected chi connectivity index (χ3v) is 7.11. The molecule has 0 saturated heterocycles. The van der Waals surface area contributed by atoms with Gasteiger partial charge in [-0.1, -0.05) is 91.0 Å². The van der Waals surface area contributed by atoms with E-state index in [9.17, 15) is 9.59 Å². The number of hydrogen-bond donors (Lipinski definition) is 2. The number of nitrogen functional groups attached to an aromatic ring is 1. The van der Waals surface area contributed by atoms with Crippen LogP contribution in [0.5, 0.6) is 0 Å². The van der Waals surface area contributed by atoms with Crippen LogP contribution in [0.2, 0.25) is 0 Å². The van der Waals surface area contributed by atoms with Gasteiger partial charge >= 0.3 is 12.1 Å². The SMILES string of the molecule is CC(C)(C)OC(=O)NCCCc1c(N)nn(CCOC(c2ccccc2)(c2ccccc2)c2ccccc2)c1C(=O)OC(C)(C)C. The molecular formula is C37H46N4O5. The molecule has 9 nitrogen and oxygen atoms in total. The average Bonchev–Trinajstić information content (AvgIpc) is 3.32. The minimum Gasteiger partial charge on any atom is -0.455 e. The first-order chi connectivity index (χ1) is 21.8. The van der Waals surface area contributed by atoms with E-state index in [2.05, 4.69) is 46.8 Å². The Bertz CT molecular complexity index is 1480. The monoisotopic (exact) mass is 626 g/mol. The first-order valence-corrected chi connectivity index (χ1v) is 15.7. The van der Waals surface area contributed by atoms with E-state index in [-0.39, 0.29) is 24.7 Å². The highest BCUT2D eigenvalue weighted by Crippen LogP contribution is 2.40. The molecule has 0 aliphatic rings. The van der Waals surface area contributed by atoms with Gasteiger partial charge in [-0.15, -0.1) is 0 Å². The Hall–Kier alpha value is -4.63. The molecule has 46 heavy (non-hydrogen) atoms. The summed E-state index contributed by atoms with van der Waals surface area (Å²) >= 11 is 0. The largest absolute Gasteiger partial charge is 0.455 e. The van der Waals surface area contributed by atoms with Gasteiger partial charge < -0.3 is 25.3 Å². The topological polar surface area (TPSA) is 118 Å². The number of nitrogens with zero attached hydrogens (tertiary/aromatic N) is 2. The maximum absolute atomic E-state index is 13.6. The van der Waals surface area contributed by atoms with E-state index in [1.54, 1.807) is 4.68 Å². The van der Waals surface area contributed by atoms with Crippen molar-refractivity contribution in [2.24, 2.45) is 0 Å². The number of ether oxygens (including phenoxy) is 3. The van der Waals surface area contributed by atoms with Crippen molar-refractivity contribution < 1.29 is 23.8 Å². The second kappa shape index (κ2) is 14.6. The van der Waals surface area contributed by atoms with Crippen LogP contribution in [0.4, 0.5) is 10.6 Å². The molecule has 4 aromatic rings. The molecule has 0 aliphatic carbocycles. The number of nitrogens with two attached hydrogens (primary N) is 1. The average molecular weight is 627 g/mol. The third kappa shape index (κ3) is 8.75. The van der Waals surface area contributed by atoms with E-state index in [0.29, 0.717) is 24.9 Å². The molecule has 244 valence electrons. The second-order valence-electron chi connectivity index (χ2n) is 13.1. The van der Waals surface area contributed by atoms with Gasteiger partial charge in [0, 0.05) is 12.1 Å². The summed E-state index contributed by atoms with van der Waals surface area (Å²) in [6.07, 6.45) is 0.416. The molecule has 0 radical (unpaired) electrons. The third-order valence-electron chi connectivity index (χ3n) is 7.11. The van der Waals surface area contributed by atoms with Crippen LogP contribution < -0.4 is 11.1 Å². The highest BCUT2D eigenvalue weighted by Gasteiger charge is 2.38. The fourth-order valence-electron chi connectivity index (χ4n) is 5.30. The van der Waals surface area contributed by atoms with Gasteiger partial charge in [0.05, 0.1) is 13.2 Å². The van der Waals surface area contributed by atoms with Crippen molar-refractivity contribution in [1.82, 2.24) is 15.1 Å². The zero-order valence-corrected chi connectivity index (χ0v) is 27.7. The first kappa shape index (κ1) is 34.2. The molecule has 0 unspecified atom stereocenters. The van der Waals surface area contributed by atoms with Crippen LogP contribution >= 0.6 is 0 Å². The molecule has 0 atom stereocenters. The Balaban J connectivity index is 1.63. The van der Waals surface area contributed by atoms with Crippen LogP contribution in [0.3, 0.4) is 0 Å². The lowest BCUT2D eigenvalue weighted by Gasteiger charge is -2.36. The van der Waals surface area contributed by atoms with Crippen LogP contribution in [0.25, 0.3) is 0 Å². The van der Waals surface area contributed by atoms with Gasteiger partial charge in [-0.05, 0) is 71.1 Å². The van der Waals surface area contributed by atoms with Gasteiger partial charge in [-0.2, -0.15) is 5.10 Å². The second-order valence-corrected chi connectivity index (χ2v) is 13.1. The molecule has 3 aromatic carbocycles. The summed E-state index contributed by atoms with van der Waals surface area (Å²) < 4.78 is 19.6. The quantitative estimate of drug-likeness (QED) is 0.0999. The number of alkyl carbamates (subject to hydrolysis) is 1. The van der Waals surface area contributed by atoms with E-state index in [1.165, 1.54) is 0 Å². The molecule has 0 spiro atoms. The molecule has 0 saturated carbocycles. The fraction of sp³-hybridized carbons (Fsp3) is 0.378. The molecule has 0 bridgehead atoms. The molecule has 9 heteroatoms. The van der Waals surface area contributed by atoms with Crippen molar-refractivity contribution in [3.05, 3.63) is 119 Å². The predicted octanol–water partition coefficient (Wildman–Crippen LogP) is 6.89. The molecule has 1 heterocycles. The van der Waals surface area contributed by atoms with Gasteiger partial charge in [-0.3, -0.25) is 4.68 Å². The number of amides is 1. The fourth-order valence-corrected chi connectivity index (χ4v) is 5.30. The number of aromatic nitrogens is 2. The number of benzene rings is 3. The summed E-state index contributed by atoms with van der Waals surface area (Å²) in [5.74, 6) is -0.286. The van der Waals surface area contributed by atoms with E-state index in [1.807, 2.05) is 96.1 Å². The predicted molar refractivity (Wildman–Crippen MR) is 180 cm³/mol. The van der Waals surface area contributed by atoms with Crippen molar-refractivity contribution in [3.8, 4) is 0 Å². The maximum atomic E-state index is 13.6. The van der Waals surface area contributed by atoms with Crippen molar-refractivity contribution >= 4 is 17.9 Å². The summed E-state index contributed by atoms with van der Waals surface area (Å²) in [4.78, 5) is 25.7. The minimum absolute atomic E-state index is 0.204. The Labute approximate surface area is 272 Å². The summed E-state index contributed by atoms with van der Waals surface area (Å²) in [5.41, 5.74) is 7.92. The minimum atomic E-state index is -0.926. The molecular weight excluding hydrogens is 580 g/mol. The standard InChI is InChI=1S/C37H46N4O5/c1-35(2,3)45-33(42)31-30(23-16-24-39-34(43)46-36(4,5)6)32(38)40-41(31)25-26-44-37(27-17-10-7-11-18-27,28-19-12-8-13-20-28)29-21-14-9-15-22-29/h7-15,17-22H,16,23-26H2,1-6H3,(H2,38,40)(H,39,43). The Morgan fingerprint density at radius 2 is 1.24 bits per heavy atom. The molecule has 0 aliphatic heterocycles. The number of hydrogen-bond acceptors (Lipinski definition) is 7. The summed E-state index contributed by atoms with van der Waals surface area (Å²) in [5, 5.41) is 7.32. The molecule has 3 N–H and O–H groups in total. The highest BCUT2D eigenvalue weighted by atomic mass is 16.6. The number of esters is 1. The zero-order valence-electron chi connectivity index (χ0n) is 27.7. The highest BCUT2D eigenvalue weighted by molar-refractivity contribution is 5.91. The van der Waals surface area contributed by atoms with Crippen LogP contribution in [0.1, 0.15) is 80.7 Å². The molecule has 1 amide bonds. The van der Waals surface area contributed by atoms with Crippen molar-refractivity contribution in [1.29, 1.82) is 0 Å². The van der Waals surface area contributed by atoms with Gasteiger partial charge in [-0.25, -0.2) is 9.59 Å². The lowest BCUT2D eigenvalue weighted by Crippen LogP contribution is -2.34. The van der Waals surface area contributed by atoms with Crippen LogP contribution in [0.15, 0.2) is 91.0 Å². The summed E-state index contributed by atoms with van der Waals surface area (Å²) in [6.45, 7) is 11.7. The number of rotatable bonds is 12. The maximum Gasteiger partial charge on any atom is 0.407 e. The van der Waals surface area contributed by atoms with Gasteiger partial charge in [0.1, 0.15) is 22.6 Å². The first-order valence-electron chi connectivity index (χ1n) is 15.7. The van der Waals surface area contributed by atoms with Gasteiger partial charge in [0.15, 0.2) is 5.69 Å². The molecule has 0 fully saturated rings. The summed E-state index contributed by atoms with van der Waals surface area (Å²) in [7, 11) is 0. The van der Waals surface area contributed by atoms with Crippen LogP contribution in [-0.2, 0) is 32.8 Å². The summed E-state index contributed by atoms with van der Waals surface area (Å²) in [6, 6.07) is 30.3.